The maximum absolute atomic E-state index is 8.35. The van der Waals surface area contributed by atoms with Crippen LogP contribution in [0, 0.1) is 0 Å². The van der Waals surface area contributed by atoms with E-state index in [4.69, 9.17) is 14.6 Å². The monoisotopic (exact) mass is 175 g/mol. The Kier molecular flexibility index (Phi) is 5.27. The van der Waals surface area contributed by atoms with Crippen LogP contribution in [0.25, 0.3) is 0 Å². The topological polar surface area (TPSA) is 41.9 Å². The highest BCUT2D eigenvalue weighted by atomic mass is 16.6. The van der Waals surface area contributed by atoms with Crippen molar-refractivity contribution in [3.63, 3.8) is 0 Å². The van der Waals surface area contributed by atoms with Crippen molar-refractivity contribution < 1.29 is 14.6 Å². The molecule has 0 aromatic rings. The second-order valence-corrected chi connectivity index (χ2v) is 2.84. The highest BCUT2D eigenvalue weighted by Crippen LogP contribution is 1.97. The Morgan fingerprint density at radius 1 is 1.33 bits per heavy atom. The molecule has 0 aromatic carbocycles. The van der Waals surface area contributed by atoms with E-state index < -0.39 is 0 Å². The summed E-state index contributed by atoms with van der Waals surface area (Å²) in [6.45, 7) is 5.28. The Balaban J connectivity index is 1.91. The molecule has 0 saturated carbocycles. The van der Waals surface area contributed by atoms with Gasteiger partial charge in [0.1, 0.15) is 6.79 Å². The first-order valence-corrected chi connectivity index (χ1v) is 4.42. The molecular weight excluding hydrogens is 158 g/mol. The van der Waals surface area contributed by atoms with Gasteiger partial charge in [-0.2, -0.15) is 0 Å². The minimum Gasteiger partial charge on any atom is -0.379 e. The Hall–Kier alpha value is -0.160. The van der Waals surface area contributed by atoms with Gasteiger partial charge in [-0.25, -0.2) is 0 Å². The molecule has 0 aliphatic carbocycles. The number of morpholine rings is 1. The Labute approximate surface area is 73.1 Å². The highest BCUT2D eigenvalue weighted by Gasteiger charge is 2.08. The fourth-order valence-electron chi connectivity index (χ4n) is 1.28. The molecule has 0 spiro atoms. The predicted octanol–water partition coefficient (Wildman–Crippen LogP) is -0.325. The zero-order valence-corrected chi connectivity index (χ0v) is 7.37. The van der Waals surface area contributed by atoms with Crippen LogP contribution in [-0.4, -0.2) is 56.3 Å². The van der Waals surface area contributed by atoms with E-state index in [1.165, 1.54) is 0 Å². The first-order chi connectivity index (χ1) is 5.93. The molecule has 1 heterocycles. The van der Waals surface area contributed by atoms with E-state index in [1.54, 1.807) is 0 Å². The molecule has 0 unspecified atom stereocenters. The van der Waals surface area contributed by atoms with Gasteiger partial charge in [-0.05, 0) is 6.42 Å². The van der Waals surface area contributed by atoms with Crippen LogP contribution in [0.15, 0.2) is 0 Å². The van der Waals surface area contributed by atoms with Crippen molar-refractivity contribution in [2.24, 2.45) is 0 Å². The summed E-state index contributed by atoms with van der Waals surface area (Å²) in [4.78, 5) is 2.35. The summed E-state index contributed by atoms with van der Waals surface area (Å²) in [5.41, 5.74) is 0. The van der Waals surface area contributed by atoms with Gasteiger partial charge in [0.05, 0.1) is 19.8 Å². The lowest BCUT2D eigenvalue weighted by Gasteiger charge is -2.26. The smallest absolute Gasteiger partial charge is 0.143 e. The second kappa shape index (κ2) is 6.37. The molecule has 0 amide bonds. The molecule has 1 N–H and O–H groups in total. The largest absolute Gasteiger partial charge is 0.379 e. The minimum atomic E-state index is -0.164. The van der Waals surface area contributed by atoms with Crippen molar-refractivity contribution in [1.82, 2.24) is 4.90 Å². The van der Waals surface area contributed by atoms with Gasteiger partial charge in [0.2, 0.25) is 0 Å². The van der Waals surface area contributed by atoms with E-state index in [0.29, 0.717) is 6.61 Å². The third-order valence-electron chi connectivity index (χ3n) is 1.96. The number of aliphatic hydroxyl groups excluding tert-OH is 1. The SMILES string of the molecule is OCOCCCN1CCOCC1. The van der Waals surface area contributed by atoms with E-state index in [1.807, 2.05) is 0 Å². The highest BCUT2D eigenvalue weighted by molar-refractivity contribution is 4.60. The fraction of sp³-hybridized carbons (Fsp3) is 1.00. The van der Waals surface area contributed by atoms with Gasteiger partial charge in [0, 0.05) is 19.6 Å². The van der Waals surface area contributed by atoms with Crippen LogP contribution >= 0.6 is 0 Å². The van der Waals surface area contributed by atoms with Crippen molar-refractivity contribution in [2.75, 3.05) is 46.2 Å². The van der Waals surface area contributed by atoms with Crippen molar-refractivity contribution >= 4 is 0 Å². The maximum Gasteiger partial charge on any atom is 0.143 e. The molecule has 72 valence electrons. The number of ether oxygens (including phenoxy) is 2. The van der Waals surface area contributed by atoms with Gasteiger partial charge in [-0.15, -0.1) is 0 Å². The lowest BCUT2D eigenvalue weighted by molar-refractivity contribution is -0.0102. The molecule has 12 heavy (non-hydrogen) atoms. The van der Waals surface area contributed by atoms with Crippen LogP contribution in [0.4, 0.5) is 0 Å². The van der Waals surface area contributed by atoms with Crippen LogP contribution in [-0.2, 0) is 9.47 Å². The Morgan fingerprint density at radius 2 is 2.08 bits per heavy atom. The quantitative estimate of drug-likeness (QED) is 0.459. The summed E-state index contributed by atoms with van der Waals surface area (Å²) < 4.78 is 10.0. The molecule has 1 saturated heterocycles. The van der Waals surface area contributed by atoms with Gasteiger partial charge in [-0.1, -0.05) is 0 Å². The number of aliphatic hydroxyl groups is 1. The summed E-state index contributed by atoms with van der Waals surface area (Å²) >= 11 is 0. The van der Waals surface area contributed by atoms with Crippen molar-refractivity contribution in [3.8, 4) is 0 Å². The van der Waals surface area contributed by atoms with Crippen molar-refractivity contribution in [2.45, 2.75) is 6.42 Å². The lowest BCUT2D eigenvalue weighted by atomic mass is 10.3. The van der Waals surface area contributed by atoms with Crippen molar-refractivity contribution in [3.05, 3.63) is 0 Å². The molecule has 1 fully saturated rings. The molecule has 4 nitrogen and oxygen atoms in total. The molecule has 0 aromatic heterocycles. The standard InChI is InChI=1S/C8H17NO3/c10-8-12-5-1-2-9-3-6-11-7-4-9/h10H,1-8H2. The molecule has 0 radical (unpaired) electrons. The average molecular weight is 175 g/mol. The lowest BCUT2D eigenvalue weighted by Crippen LogP contribution is -2.37. The second-order valence-electron chi connectivity index (χ2n) is 2.84. The Bertz CT molecular complexity index is 104. The van der Waals surface area contributed by atoms with E-state index in [2.05, 4.69) is 4.90 Å². The molecule has 4 heteroatoms. The summed E-state index contributed by atoms with van der Waals surface area (Å²) in [6, 6.07) is 0. The first kappa shape index (κ1) is 9.92. The fourth-order valence-corrected chi connectivity index (χ4v) is 1.28. The summed E-state index contributed by atoms with van der Waals surface area (Å²) in [5.74, 6) is 0. The summed E-state index contributed by atoms with van der Waals surface area (Å²) in [5, 5.41) is 8.35. The number of hydrogen-bond donors (Lipinski definition) is 1. The van der Waals surface area contributed by atoms with E-state index in [9.17, 15) is 0 Å². The third kappa shape index (κ3) is 4.01. The summed E-state index contributed by atoms with van der Waals surface area (Å²) in [6.07, 6.45) is 0.987. The first-order valence-electron chi connectivity index (χ1n) is 4.42. The van der Waals surface area contributed by atoms with E-state index in [0.717, 1.165) is 39.3 Å². The maximum atomic E-state index is 8.35. The molecule has 1 aliphatic rings. The number of nitrogens with zero attached hydrogens (tertiary/aromatic N) is 1. The van der Waals surface area contributed by atoms with Gasteiger partial charge in [0.25, 0.3) is 0 Å². The van der Waals surface area contributed by atoms with Crippen LogP contribution in [0.5, 0.6) is 0 Å². The zero-order valence-electron chi connectivity index (χ0n) is 7.37. The van der Waals surface area contributed by atoms with Gasteiger partial charge in [-0.3, -0.25) is 4.90 Å². The number of hydrogen-bond acceptors (Lipinski definition) is 4. The Morgan fingerprint density at radius 3 is 2.75 bits per heavy atom. The molecule has 1 rings (SSSR count). The normalized spacial score (nSPS) is 19.8. The van der Waals surface area contributed by atoms with Crippen molar-refractivity contribution in [1.29, 1.82) is 0 Å². The minimum absolute atomic E-state index is 0.164. The van der Waals surface area contributed by atoms with E-state index >= 15 is 0 Å². The molecular formula is C8H17NO3. The molecule has 0 bridgehead atoms. The third-order valence-corrected chi connectivity index (χ3v) is 1.96. The van der Waals surface area contributed by atoms with Crippen LogP contribution in [0.1, 0.15) is 6.42 Å². The summed E-state index contributed by atoms with van der Waals surface area (Å²) in [7, 11) is 0. The predicted molar refractivity (Wildman–Crippen MR) is 44.9 cm³/mol. The van der Waals surface area contributed by atoms with Crippen LogP contribution in [0.3, 0.4) is 0 Å². The van der Waals surface area contributed by atoms with E-state index in [-0.39, 0.29) is 6.79 Å². The van der Waals surface area contributed by atoms with Gasteiger partial charge < -0.3 is 14.6 Å². The van der Waals surface area contributed by atoms with Crippen LogP contribution in [0.2, 0.25) is 0 Å². The molecule has 1 aliphatic heterocycles. The van der Waals surface area contributed by atoms with Crippen LogP contribution < -0.4 is 0 Å². The molecule has 0 atom stereocenters. The average Bonchev–Trinajstić information content (AvgIpc) is 2.14. The van der Waals surface area contributed by atoms with Gasteiger partial charge >= 0.3 is 0 Å². The zero-order chi connectivity index (χ0) is 8.65. The number of rotatable bonds is 5. The van der Waals surface area contributed by atoms with Gasteiger partial charge in [0.15, 0.2) is 0 Å².